The van der Waals surface area contributed by atoms with E-state index in [0.717, 1.165) is 23.2 Å². The molecule has 2 aromatic rings. The van der Waals surface area contributed by atoms with Crippen molar-refractivity contribution in [3.05, 3.63) is 35.4 Å². The largest absolute Gasteiger partial charge is 0.309 e. The van der Waals surface area contributed by atoms with E-state index in [1.54, 1.807) is 17.5 Å². The van der Waals surface area contributed by atoms with Crippen molar-refractivity contribution < 1.29 is 9.59 Å². The zero-order valence-corrected chi connectivity index (χ0v) is 16.7. The molecule has 2 saturated carbocycles. The van der Waals surface area contributed by atoms with Crippen LogP contribution in [-0.2, 0) is 9.59 Å². The Morgan fingerprint density at radius 1 is 1.36 bits per heavy atom. The van der Waals surface area contributed by atoms with E-state index < -0.39 is 5.25 Å². The van der Waals surface area contributed by atoms with Crippen molar-refractivity contribution in [2.45, 2.75) is 37.0 Å². The van der Waals surface area contributed by atoms with Crippen molar-refractivity contribution in [1.82, 2.24) is 14.9 Å². The Labute approximate surface area is 170 Å². The van der Waals surface area contributed by atoms with Gasteiger partial charge in [0.25, 0.3) is 0 Å². The predicted octanol–water partition coefficient (Wildman–Crippen LogP) is 3.30. The van der Waals surface area contributed by atoms with Crippen LogP contribution in [0.1, 0.15) is 25.7 Å². The second kappa shape index (κ2) is 7.29. The summed E-state index contributed by atoms with van der Waals surface area (Å²) >= 11 is 2.98. The molecule has 0 radical (unpaired) electrons. The number of carbonyl (C=O) groups is 2. The zero-order chi connectivity index (χ0) is 19.1. The summed E-state index contributed by atoms with van der Waals surface area (Å²) in [5.74, 6) is 1.52. The summed E-state index contributed by atoms with van der Waals surface area (Å²) in [4.78, 5) is 40.1. The van der Waals surface area contributed by atoms with E-state index in [0.29, 0.717) is 11.7 Å². The molecule has 1 aliphatic heterocycles. The lowest BCUT2D eigenvalue weighted by molar-refractivity contribution is -0.128. The summed E-state index contributed by atoms with van der Waals surface area (Å²) < 4.78 is 0. The van der Waals surface area contributed by atoms with Crippen molar-refractivity contribution in [2.24, 2.45) is 16.8 Å². The third-order valence-corrected chi connectivity index (χ3v) is 7.09. The van der Waals surface area contributed by atoms with Crippen molar-refractivity contribution in [3.8, 4) is 0 Å². The van der Waals surface area contributed by atoms with Gasteiger partial charge >= 0.3 is 0 Å². The molecule has 3 atom stereocenters. The number of carbonyl (C=O) groups excluding carboxylic acids is 2. The molecular weight excluding hydrogens is 394 g/mol. The molecule has 1 N–H and O–H groups in total. The van der Waals surface area contributed by atoms with Crippen LogP contribution >= 0.6 is 23.1 Å². The van der Waals surface area contributed by atoms with E-state index in [1.807, 2.05) is 21.7 Å². The third kappa shape index (κ3) is 3.68. The Morgan fingerprint density at radius 3 is 2.96 bits per heavy atom. The Balaban J connectivity index is 1.32. The van der Waals surface area contributed by atoms with Crippen LogP contribution in [-0.4, -0.2) is 43.1 Å². The number of hydrogen-bond acceptors (Lipinski definition) is 7. The number of nitrogens with zero attached hydrogens (tertiary/aromatic N) is 4. The molecule has 2 aromatic heterocycles. The molecule has 0 spiro atoms. The number of anilines is 1. The fraction of sp³-hybridized carbons (Fsp3) is 0.421. The first kappa shape index (κ1) is 17.8. The quantitative estimate of drug-likeness (QED) is 0.785. The van der Waals surface area contributed by atoms with Crippen LogP contribution in [0.3, 0.4) is 0 Å². The van der Waals surface area contributed by atoms with Crippen LogP contribution in [0.15, 0.2) is 40.4 Å². The highest BCUT2D eigenvalue weighted by Gasteiger charge is 2.56. The number of thiophene rings is 1. The van der Waals surface area contributed by atoms with E-state index in [4.69, 9.17) is 4.99 Å². The van der Waals surface area contributed by atoms with Crippen molar-refractivity contribution in [1.29, 1.82) is 0 Å². The topological polar surface area (TPSA) is 87.5 Å². The summed E-state index contributed by atoms with van der Waals surface area (Å²) in [6, 6.07) is 2.19. The highest BCUT2D eigenvalue weighted by Crippen LogP contribution is 2.54. The van der Waals surface area contributed by atoms with Crippen LogP contribution in [0, 0.1) is 11.8 Å². The molecule has 0 bridgehead atoms. The molecule has 0 aromatic carbocycles. The van der Waals surface area contributed by atoms with Crippen LogP contribution < -0.4 is 5.32 Å². The number of rotatable bonds is 6. The molecule has 28 heavy (non-hydrogen) atoms. The van der Waals surface area contributed by atoms with Crippen molar-refractivity contribution >= 4 is 51.6 Å². The minimum atomic E-state index is -0.450. The minimum Gasteiger partial charge on any atom is -0.309 e. The van der Waals surface area contributed by atoms with Gasteiger partial charge in [-0.3, -0.25) is 19.5 Å². The molecule has 1 unspecified atom stereocenters. The summed E-state index contributed by atoms with van der Waals surface area (Å²) in [7, 11) is 0. The average Bonchev–Trinajstić information content (AvgIpc) is 3.59. The fourth-order valence-electron chi connectivity index (χ4n) is 3.68. The molecule has 3 fully saturated rings. The first-order valence-electron chi connectivity index (χ1n) is 9.35. The van der Waals surface area contributed by atoms with Gasteiger partial charge in [0.15, 0.2) is 11.0 Å². The molecule has 5 rings (SSSR count). The SMILES string of the molecule is O=C(CC1SC(=Nc2ccsc2)N([C@@H]2C[C@H]2C2CC2)C1=O)Nc1cnccn1. The first-order valence-corrected chi connectivity index (χ1v) is 11.2. The fourth-order valence-corrected chi connectivity index (χ4v) is 5.45. The van der Waals surface area contributed by atoms with Gasteiger partial charge in [0.05, 0.1) is 11.9 Å². The number of nitrogens with one attached hydrogen (secondary N) is 1. The number of amides is 2. The minimum absolute atomic E-state index is 0.00132. The third-order valence-electron chi connectivity index (χ3n) is 5.26. The van der Waals surface area contributed by atoms with Crippen LogP contribution in [0.25, 0.3) is 0 Å². The highest BCUT2D eigenvalue weighted by atomic mass is 32.2. The van der Waals surface area contributed by atoms with Crippen LogP contribution in [0.2, 0.25) is 0 Å². The van der Waals surface area contributed by atoms with Gasteiger partial charge in [0.1, 0.15) is 5.25 Å². The van der Waals surface area contributed by atoms with Gasteiger partial charge < -0.3 is 5.32 Å². The maximum Gasteiger partial charge on any atom is 0.242 e. The molecule has 3 heterocycles. The Kier molecular flexibility index (Phi) is 4.64. The number of hydrogen-bond donors (Lipinski definition) is 1. The molecule has 2 aliphatic carbocycles. The number of aromatic nitrogens is 2. The molecular formula is C19H19N5O2S2. The lowest BCUT2D eigenvalue weighted by Gasteiger charge is -2.16. The van der Waals surface area contributed by atoms with Gasteiger partial charge in [-0.15, -0.1) is 0 Å². The number of thioether (sulfide) groups is 1. The van der Waals surface area contributed by atoms with Crippen LogP contribution in [0.5, 0.6) is 0 Å². The van der Waals surface area contributed by atoms with E-state index in [1.165, 1.54) is 37.0 Å². The lowest BCUT2D eigenvalue weighted by atomic mass is 10.2. The summed E-state index contributed by atoms with van der Waals surface area (Å²) in [5, 5.41) is 6.93. The number of amidine groups is 1. The predicted molar refractivity (Wildman–Crippen MR) is 110 cm³/mol. The molecule has 1 saturated heterocycles. The second-order valence-corrected chi connectivity index (χ2v) is 9.29. The average molecular weight is 414 g/mol. The van der Waals surface area contributed by atoms with E-state index in [2.05, 4.69) is 15.3 Å². The molecule has 144 valence electrons. The zero-order valence-electron chi connectivity index (χ0n) is 15.0. The van der Waals surface area contributed by atoms with E-state index in [-0.39, 0.29) is 24.3 Å². The smallest absolute Gasteiger partial charge is 0.242 e. The Bertz CT molecular complexity index is 914. The summed E-state index contributed by atoms with van der Waals surface area (Å²) in [6.45, 7) is 0. The maximum absolute atomic E-state index is 13.1. The van der Waals surface area contributed by atoms with Gasteiger partial charge in [-0.05, 0) is 42.5 Å². The maximum atomic E-state index is 13.1. The van der Waals surface area contributed by atoms with Crippen molar-refractivity contribution in [2.75, 3.05) is 5.32 Å². The molecule has 9 heteroatoms. The second-order valence-electron chi connectivity index (χ2n) is 7.34. The van der Waals surface area contributed by atoms with Gasteiger partial charge in [-0.1, -0.05) is 11.8 Å². The van der Waals surface area contributed by atoms with E-state index in [9.17, 15) is 9.59 Å². The van der Waals surface area contributed by atoms with Crippen LogP contribution in [0.4, 0.5) is 11.5 Å². The normalized spacial score (nSPS) is 28.0. The first-order chi connectivity index (χ1) is 13.7. The van der Waals surface area contributed by atoms with Gasteiger partial charge in [0, 0.05) is 30.2 Å². The molecule has 2 amide bonds. The highest BCUT2D eigenvalue weighted by molar-refractivity contribution is 8.15. The summed E-state index contributed by atoms with van der Waals surface area (Å²) in [6.07, 6.45) is 8.25. The standard InChI is InChI=1S/C19H19N5O2S2/c25-17(23-16-9-20-4-5-21-16)8-15-18(26)24(14-7-13(14)11-1-2-11)19(28-15)22-12-3-6-27-10-12/h3-6,9-11,13-15H,1-2,7-8H2,(H,21,23,25)/t13-,14+,15?/m0/s1. The van der Waals surface area contributed by atoms with E-state index >= 15 is 0 Å². The number of aliphatic imine (C=N–C) groups is 1. The Morgan fingerprint density at radius 2 is 2.25 bits per heavy atom. The monoisotopic (exact) mass is 413 g/mol. The molecule has 3 aliphatic rings. The van der Waals surface area contributed by atoms with Gasteiger partial charge in [0.2, 0.25) is 11.8 Å². The summed E-state index contributed by atoms with van der Waals surface area (Å²) in [5.41, 5.74) is 0.860. The van der Waals surface area contributed by atoms with Gasteiger partial charge in [-0.25, -0.2) is 9.98 Å². The van der Waals surface area contributed by atoms with Crippen molar-refractivity contribution in [3.63, 3.8) is 0 Å². The molecule has 7 nitrogen and oxygen atoms in total. The lowest BCUT2D eigenvalue weighted by Crippen LogP contribution is -2.36. The van der Waals surface area contributed by atoms with Gasteiger partial charge in [-0.2, -0.15) is 11.3 Å². The Hall–Kier alpha value is -2.26.